The van der Waals surface area contributed by atoms with Gasteiger partial charge in [0.25, 0.3) is 0 Å². The van der Waals surface area contributed by atoms with E-state index in [1.54, 1.807) is 5.57 Å². The molecule has 0 radical (unpaired) electrons. The number of alkyl halides is 2. The van der Waals surface area contributed by atoms with Crippen molar-refractivity contribution in [2.24, 2.45) is 0 Å². The lowest BCUT2D eigenvalue weighted by Gasteiger charge is -2.53. The fourth-order valence-electron chi connectivity index (χ4n) is 11.2. The molecule has 4 aliphatic rings. The maximum absolute atomic E-state index is 7.44. The van der Waals surface area contributed by atoms with Crippen molar-refractivity contribution in [1.29, 1.82) is 0 Å². The molecule has 7 rings (SSSR count). The molecule has 1 unspecified atom stereocenters. The van der Waals surface area contributed by atoms with Gasteiger partial charge in [0.1, 0.15) is 10.2 Å². The van der Waals surface area contributed by atoms with Crippen molar-refractivity contribution in [3.63, 3.8) is 0 Å². The van der Waals surface area contributed by atoms with Crippen LogP contribution < -0.4 is 9.80 Å². The van der Waals surface area contributed by atoms with E-state index in [9.17, 15) is 0 Å². The third-order valence-corrected chi connectivity index (χ3v) is 19.5. The maximum atomic E-state index is 7.44. The quantitative estimate of drug-likeness (QED) is 0.183. The molecule has 0 bridgehead atoms. The lowest BCUT2D eigenvalue weighted by atomic mass is 9.92. The summed E-state index contributed by atoms with van der Waals surface area (Å²) in [7, 11) is 0. The zero-order chi connectivity index (χ0) is 35.9. The van der Waals surface area contributed by atoms with Gasteiger partial charge >= 0.3 is 0 Å². The SMILES string of the molecule is Cc1cc(C)c(N2CCN(c3c(C)cc(C)cc3C)C2=C2CC(Cl)(Cl)CCC2P(=Cc2ccccc2)(C2CCCCC2)C2CCCCC2)c(C)c1. The highest BCUT2D eigenvalue weighted by molar-refractivity contribution is 7.77. The molecule has 5 heteroatoms. The summed E-state index contributed by atoms with van der Waals surface area (Å²) < 4.78 is -0.769. The van der Waals surface area contributed by atoms with Gasteiger partial charge in [0, 0.05) is 36.5 Å². The maximum Gasteiger partial charge on any atom is 0.122 e. The van der Waals surface area contributed by atoms with Crippen LogP contribution in [0.15, 0.2) is 66.0 Å². The molecule has 0 spiro atoms. The molecule has 1 heterocycles. The molecule has 3 aromatic carbocycles. The van der Waals surface area contributed by atoms with Crippen molar-refractivity contribution >= 4 is 47.3 Å². The van der Waals surface area contributed by atoms with Gasteiger partial charge < -0.3 is 9.80 Å². The highest BCUT2D eigenvalue weighted by atomic mass is 35.5. The predicted octanol–water partition coefficient (Wildman–Crippen LogP) is 13.3. The third-order valence-electron chi connectivity index (χ3n) is 12.9. The van der Waals surface area contributed by atoms with Gasteiger partial charge in [0.05, 0.1) is 0 Å². The van der Waals surface area contributed by atoms with Crippen LogP contribution in [0.4, 0.5) is 11.4 Å². The fraction of sp³-hybridized carbons (Fsp3) is 0.543. The first-order chi connectivity index (χ1) is 24.5. The second-order valence-corrected chi connectivity index (χ2v) is 22.5. The van der Waals surface area contributed by atoms with Crippen molar-refractivity contribution in [3.05, 3.63) is 105 Å². The van der Waals surface area contributed by atoms with Crippen LogP contribution in [0.25, 0.3) is 0 Å². The lowest BCUT2D eigenvalue weighted by Crippen LogP contribution is -2.40. The van der Waals surface area contributed by atoms with Crippen molar-refractivity contribution < 1.29 is 0 Å². The summed E-state index contributed by atoms with van der Waals surface area (Å²) >= 11 is 14.9. The molecule has 3 aromatic rings. The molecule has 1 atom stereocenters. The minimum atomic E-state index is -1.76. The van der Waals surface area contributed by atoms with Gasteiger partial charge in [-0.1, -0.05) is 117 Å². The van der Waals surface area contributed by atoms with E-state index in [-0.39, 0.29) is 0 Å². The largest absolute Gasteiger partial charge is 0.325 e. The van der Waals surface area contributed by atoms with Gasteiger partial charge in [-0.2, -0.15) is 0 Å². The number of halogens is 2. The number of benzene rings is 3. The minimum absolute atomic E-state index is 0.477. The monoisotopic (exact) mass is 742 g/mol. The van der Waals surface area contributed by atoms with Gasteiger partial charge in [0.15, 0.2) is 0 Å². The molecule has 3 saturated carbocycles. The van der Waals surface area contributed by atoms with E-state index in [0.29, 0.717) is 5.66 Å². The van der Waals surface area contributed by atoms with E-state index in [0.717, 1.165) is 43.7 Å². The Morgan fingerprint density at radius 2 is 1.08 bits per heavy atom. The summed E-state index contributed by atoms with van der Waals surface area (Å²) in [4.78, 5) is 5.44. The molecule has 274 valence electrons. The van der Waals surface area contributed by atoms with Gasteiger partial charge in [-0.15, -0.1) is 23.2 Å². The van der Waals surface area contributed by atoms with Crippen LogP contribution in [-0.2, 0) is 0 Å². The van der Waals surface area contributed by atoms with Crippen LogP contribution in [0, 0.1) is 41.5 Å². The van der Waals surface area contributed by atoms with E-state index in [1.165, 1.54) is 120 Å². The summed E-state index contributed by atoms with van der Waals surface area (Å²) in [5.41, 5.74) is 15.8. The zero-order valence-electron chi connectivity index (χ0n) is 32.2. The molecule has 0 amide bonds. The van der Waals surface area contributed by atoms with Crippen molar-refractivity contribution in [2.75, 3.05) is 22.9 Å². The molecule has 1 saturated heterocycles. The van der Waals surface area contributed by atoms with Crippen LogP contribution in [0.2, 0.25) is 0 Å². The fourth-order valence-corrected chi connectivity index (χ4v) is 18.5. The molecule has 1 aliphatic heterocycles. The van der Waals surface area contributed by atoms with Crippen LogP contribution in [-0.4, -0.2) is 40.2 Å². The highest BCUT2D eigenvalue weighted by Crippen LogP contribution is 2.71. The molecule has 4 fully saturated rings. The minimum Gasteiger partial charge on any atom is -0.325 e. The second kappa shape index (κ2) is 15.3. The van der Waals surface area contributed by atoms with E-state index in [4.69, 9.17) is 23.2 Å². The standard InChI is InChI=1S/C46H61Cl2N2P/c1-32-26-34(3)43(35(4)27-32)49-24-25-50(44-36(5)28-33(2)29-37(44)6)45(49)41-30-46(47,48)23-22-42(41)51(39-18-12-8-13-19-39,40-20-14-9-15-21-40)31-38-16-10-7-11-17-38/h7,10-11,16-17,26-29,31,39-40,42H,8-9,12-15,18-25,30H2,1-6H3. The average molecular weight is 744 g/mol. The average Bonchev–Trinajstić information content (AvgIpc) is 3.51. The number of rotatable bonds is 6. The van der Waals surface area contributed by atoms with Crippen molar-refractivity contribution in [1.82, 2.24) is 0 Å². The van der Waals surface area contributed by atoms with E-state index >= 15 is 0 Å². The number of allylic oxidation sites excluding steroid dienone is 1. The van der Waals surface area contributed by atoms with Crippen LogP contribution >= 0.6 is 30.1 Å². The van der Waals surface area contributed by atoms with Gasteiger partial charge in [-0.25, -0.2) is 0 Å². The molecule has 0 N–H and O–H groups in total. The summed E-state index contributed by atoms with van der Waals surface area (Å²) in [6, 6.07) is 21.0. The highest BCUT2D eigenvalue weighted by Gasteiger charge is 2.50. The Bertz CT molecular complexity index is 1680. The Kier molecular flexibility index (Phi) is 11.2. The third kappa shape index (κ3) is 7.38. The van der Waals surface area contributed by atoms with Crippen LogP contribution in [0.3, 0.4) is 0 Å². The summed E-state index contributed by atoms with van der Waals surface area (Å²) in [5, 5.41) is 0. The van der Waals surface area contributed by atoms with Crippen molar-refractivity contribution in [2.45, 2.75) is 146 Å². The Morgan fingerprint density at radius 1 is 0.627 bits per heavy atom. The first-order valence-electron chi connectivity index (χ1n) is 20.1. The first-order valence-corrected chi connectivity index (χ1v) is 22.9. The Labute approximate surface area is 320 Å². The molecule has 2 nitrogen and oxygen atoms in total. The Hall–Kier alpha value is -2.12. The van der Waals surface area contributed by atoms with Gasteiger partial charge in [0.2, 0.25) is 0 Å². The predicted molar refractivity (Wildman–Crippen MR) is 227 cm³/mol. The van der Waals surface area contributed by atoms with Gasteiger partial charge in [-0.05, 0) is 125 Å². The lowest BCUT2D eigenvalue weighted by molar-refractivity contribution is 0.472. The summed E-state index contributed by atoms with van der Waals surface area (Å²) in [6.07, 6.45) is 16.4. The first kappa shape index (κ1) is 37.2. The van der Waals surface area contributed by atoms with E-state index in [1.807, 2.05) is 0 Å². The number of anilines is 2. The van der Waals surface area contributed by atoms with Gasteiger partial charge in [-0.3, -0.25) is 0 Å². The topological polar surface area (TPSA) is 6.48 Å². The summed E-state index contributed by atoms with van der Waals surface area (Å²) in [5.74, 6) is 4.33. The zero-order valence-corrected chi connectivity index (χ0v) is 34.6. The van der Waals surface area contributed by atoms with E-state index in [2.05, 4.69) is 112 Å². The Balaban J connectivity index is 1.56. The summed E-state index contributed by atoms with van der Waals surface area (Å²) in [6.45, 7) is 13.9. The molecular weight excluding hydrogens is 682 g/mol. The van der Waals surface area contributed by atoms with Crippen LogP contribution in [0.1, 0.15) is 122 Å². The number of aryl methyl sites for hydroxylation is 6. The molecule has 3 aliphatic carbocycles. The number of hydrogen-bond acceptors (Lipinski definition) is 2. The smallest absolute Gasteiger partial charge is 0.122 e. The number of nitrogens with zero attached hydrogens (tertiary/aromatic N) is 2. The molecule has 0 aromatic heterocycles. The van der Waals surface area contributed by atoms with Crippen LogP contribution in [0.5, 0.6) is 0 Å². The second-order valence-electron chi connectivity index (χ2n) is 16.8. The molecular formula is C46H61Cl2N2P. The normalized spacial score (nSPS) is 22.2. The number of hydrogen-bond donors (Lipinski definition) is 0. The van der Waals surface area contributed by atoms with E-state index < -0.39 is 11.2 Å². The molecule has 51 heavy (non-hydrogen) atoms. The van der Waals surface area contributed by atoms with Crippen molar-refractivity contribution in [3.8, 4) is 0 Å². The Morgan fingerprint density at radius 3 is 1.53 bits per heavy atom.